The maximum atomic E-state index is 12.4. The molecule has 21 heavy (non-hydrogen) atoms. The average Bonchev–Trinajstić information content (AvgIpc) is 2.50. The Morgan fingerprint density at radius 3 is 2.67 bits per heavy atom. The molecule has 0 spiro atoms. The largest absolute Gasteiger partial charge is 0.329 e. The van der Waals surface area contributed by atoms with Crippen LogP contribution in [0.15, 0.2) is 24.3 Å². The summed E-state index contributed by atoms with van der Waals surface area (Å²) in [6.07, 6.45) is 1.68. The van der Waals surface area contributed by atoms with E-state index >= 15 is 0 Å². The van der Waals surface area contributed by atoms with Crippen molar-refractivity contribution in [1.82, 2.24) is 4.90 Å². The number of carbonyl (C=O) groups excluding carboxylic acids is 3. The lowest BCUT2D eigenvalue weighted by Gasteiger charge is -2.30. The minimum atomic E-state index is -0.815. The molecule has 6 nitrogen and oxygen atoms in total. The predicted molar refractivity (Wildman–Crippen MR) is 78.6 cm³/mol. The Balaban J connectivity index is 2.24. The van der Waals surface area contributed by atoms with Gasteiger partial charge in [-0.2, -0.15) is 0 Å². The number of nitrogens with two attached hydrogens (primary N) is 1. The molecule has 0 radical (unpaired) electrons. The molecule has 0 aromatic heterocycles. The number of hydrogen-bond acceptors (Lipinski definition) is 4. The Hall–Kier alpha value is -2.21. The Morgan fingerprint density at radius 1 is 1.29 bits per heavy atom. The second-order valence-corrected chi connectivity index (χ2v) is 4.95. The van der Waals surface area contributed by atoms with Crippen LogP contribution >= 0.6 is 0 Å². The van der Waals surface area contributed by atoms with Crippen LogP contribution in [0.2, 0.25) is 0 Å². The maximum absolute atomic E-state index is 12.4. The molecule has 1 aliphatic heterocycles. The monoisotopic (exact) mass is 289 g/mol. The molecule has 0 atom stereocenters. The molecule has 2 rings (SSSR count). The van der Waals surface area contributed by atoms with Gasteiger partial charge in [0.1, 0.15) is 0 Å². The maximum Gasteiger partial charge on any atom is 0.319 e. The number of benzene rings is 1. The zero-order chi connectivity index (χ0) is 15.4. The first kappa shape index (κ1) is 15.2. The molecule has 6 heteroatoms. The van der Waals surface area contributed by atoms with E-state index in [-0.39, 0.29) is 13.1 Å². The van der Waals surface area contributed by atoms with Crippen LogP contribution in [-0.2, 0) is 20.8 Å². The van der Waals surface area contributed by atoms with Gasteiger partial charge in [-0.25, -0.2) is 0 Å². The Bertz CT molecular complexity index is 571. The fraction of sp³-hybridized carbons (Fsp3) is 0.400. The Kier molecular flexibility index (Phi) is 4.70. The highest BCUT2D eigenvalue weighted by molar-refractivity contribution is 6.42. The summed E-state index contributed by atoms with van der Waals surface area (Å²) in [5, 5.41) is 0. The van der Waals surface area contributed by atoms with Crippen LogP contribution in [0.25, 0.3) is 0 Å². The number of anilines is 1. The third kappa shape index (κ3) is 3.11. The summed E-state index contributed by atoms with van der Waals surface area (Å²) in [7, 11) is 0. The number of para-hydroxylation sites is 1. The molecule has 0 unspecified atom stereocenters. The minimum absolute atomic E-state index is 0.0510. The fourth-order valence-corrected chi connectivity index (χ4v) is 2.51. The van der Waals surface area contributed by atoms with Gasteiger partial charge in [-0.3, -0.25) is 19.3 Å². The molecule has 0 aliphatic carbocycles. The number of nitrogens with zero attached hydrogens (tertiary/aromatic N) is 2. The molecule has 0 bridgehead atoms. The lowest BCUT2D eigenvalue weighted by atomic mass is 10.0. The summed E-state index contributed by atoms with van der Waals surface area (Å²) in [6.45, 7) is 1.92. The van der Waals surface area contributed by atoms with Crippen molar-refractivity contribution in [2.45, 2.75) is 19.8 Å². The van der Waals surface area contributed by atoms with Gasteiger partial charge in [0.05, 0.1) is 0 Å². The van der Waals surface area contributed by atoms with Gasteiger partial charge in [0.2, 0.25) is 5.91 Å². The molecule has 1 aromatic rings. The zero-order valence-electron chi connectivity index (χ0n) is 12.0. The van der Waals surface area contributed by atoms with Crippen LogP contribution in [-0.4, -0.2) is 42.3 Å². The van der Waals surface area contributed by atoms with Crippen LogP contribution in [0, 0.1) is 0 Å². The first-order valence-corrected chi connectivity index (χ1v) is 6.98. The van der Waals surface area contributed by atoms with Crippen molar-refractivity contribution in [3.63, 3.8) is 0 Å². The summed E-state index contributed by atoms with van der Waals surface area (Å²) in [5.41, 5.74) is 7.18. The van der Waals surface area contributed by atoms with Gasteiger partial charge in [0, 0.05) is 32.2 Å². The second kappa shape index (κ2) is 6.49. The van der Waals surface area contributed by atoms with E-state index in [0.29, 0.717) is 6.54 Å². The third-order valence-corrected chi connectivity index (χ3v) is 3.52. The molecule has 1 heterocycles. The van der Waals surface area contributed by atoms with Crippen molar-refractivity contribution in [2.24, 2.45) is 5.73 Å². The number of fused-ring (bicyclic) bond motifs is 1. The number of hydrogen-bond donors (Lipinski definition) is 1. The van der Waals surface area contributed by atoms with Gasteiger partial charge >= 0.3 is 11.8 Å². The third-order valence-electron chi connectivity index (χ3n) is 3.52. The highest BCUT2D eigenvalue weighted by Gasteiger charge is 2.31. The molecule has 1 aromatic carbocycles. The van der Waals surface area contributed by atoms with Crippen LogP contribution in [0.1, 0.15) is 18.9 Å². The highest BCUT2D eigenvalue weighted by atomic mass is 16.2. The molecule has 3 amide bonds. The summed E-state index contributed by atoms with van der Waals surface area (Å²) >= 11 is 0. The molecule has 0 saturated carbocycles. The van der Waals surface area contributed by atoms with E-state index in [1.807, 2.05) is 24.3 Å². The van der Waals surface area contributed by atoms with Crippen molar-refractivity contribution in [3.8, 4) is 0 Å². The van der Waals surface area contributed by atoms with Crippen molar-refractivity contribution in [2.75, 3.05) is 24.5 Å². The van der Waals surface area contributed by atoms with E-state index < -0.39 is 17.7 Å². The molecule has 0 saturated heterocycles. The molecule has 1 aliphatic rings. The summed E-state index contributed by atoms with van der Waals surface area (Å²) < 4.78 is 0. The van der Waals surface area contributed by atoms with Crippen LogP contribution in [0.4, 0.5) is 5.69 Å². The van der Waals surface area contributed by atoms with Gasteiger partial charge in [0.25, 0.3) is 0 Å². The molecule has 112 valence electrons. The first-order chi connectivity index (χ1) is 10.1. The number of imide groups is 1. The summed E-state index contributed by atoms with van der Waals surface area (Å²) in [4.78, 5) is 38.5. The summed E-state index contributed by atoms with van der Waals surface area (Å²) in [6, 6.07) is 7.51. The predicted octanol–water partition coefficient (Wildman–Crippen LogP) is 0.300. The number of rotatable bonds is 2. The van der Waals surface area contributed by atoms with Crippen molar-refractivity contribution >= 4 is 23.4 Å². The zero-order valence-corrected chi connectivity index (χ0v) is 12.0. The number of carbonyl (C=O) groups is 3. The van der Waals surface area contributed by atoms with Gasteiger partial charge in [-0.05, 0) is 24.5 Å². The molecule has 2 N–H and O–H groups in total. The minimum Gasteiger partial charge on any atom is -0.329 e. The van der Waals surface area contributed by atoms with E-state index in [1.54, 1.807) is 0 Å². The lowest BCUT2D eigenvalue weighted by Crippen LogP contribution is -2.49. The molecule has 0 fully saturated rings. The normalized spacial score (nSPS) is 13.5. The average molecular weight is 289 g/mol. The van der Waals surface area contributed by atoms with Crippen molar-refractivity contribution in [3.05, 3.63) is 29.8 Å². The molecular weight excluding hydrogens is 270 g/mol. The number of amides is 3. The standard InChI is InChI=1S/C15H19N3O3/c1-11(19)17(10-8-16)14(20)15(21)18-9-4-6-12-5-2-3-7-13(12)18/h2-3,5,7H,4,6,8-10,16H2,1H3. The SMILES string of the molecule is CC(=O)N(CCN)C(=O)C(=O)N1CCCc2ccccc21. The van der Waals surface area contributed by atoms with Gasteiger partial charge in [0.15, 0.2) is 0 Å². The van der Waals surface area contributed by atoms with Crippen LogP contribution < -0.4 is 10.6 Å². The Labute approximate surface area is 123 Å². The van der Waals surface area contributed by atoms with E-state index in [1.165, 1.54) is 11.8 Å². The first-order valence-electron chi connectivity index (χ1n) is 6.98. The topological polar surface area (TPSA) is 83.7 Å². The smallest absolute Gasteiger partial charge is 0.319 e. The van der Waals surface area contributed by atoms with Gasteiger partial charge < -0.3 is 10.6 Å². The highest BCUT2D eigenvalue weighted by Crippen LogP contribution is 2.26. The van der Waals surface area contributed by atoms with Gasteiger partial charge in [-0.1, -0.05) is 18.2 Å². The van der Waals surface area contributed by atoms with E-state index in [4.69, 9.17) is 5.73 Å². The van der Waals surface area contributed by atoms with Gasteiger partial charge in [-0.15, -0.1) is 0 Å². The van der Waals surface area contributed by atoms with E-state index in [2.05, 4.69) is 0 Å². The second-order valence-electron chi connectivity index (χ2n) is 4.95. The van der Waals surface area contributed by atoms with Crippen LogP contribution in [0.3, 0.4) is 0 Å². The number of aryl methyl sites for hydroxylation is 1. The summed E-state index contributed by atoms with van der Waals surface area (Å²) in [5.74, 6) is -1.96. The van der Waals surface area contributed by atoms with E-state index in [9.17, 15) is 14.4 Å². The van der Waals surface area contributed by atoms with Crippen LogP contribution in [0.5, 0.6) is 0 Å². The van der Waals surface area contributed by atoms with E-state index in [0.717, 1.165) is 29.0 Å². The van der Waals surface area contributed by atoms with Crippen molar-refractivity contribution < 1.29 is 14.4 Å². The van der Waals surface area contributed by atoms with Crippen molar-refractivity contribution in [1.29, 1.82) is 0 Å². The molecular formula is C15H19N3O3. The lowest BCUT2D eigenvalue weighted by molar-refractivity contribution is -0.150. The Morgan fingerprint density at radius 2 is 2.00 bits per heavy atom. The fourth-order valence-electron chi connectivity index (χ4n) is 2.51. The quantitative estimate of drug-likeness (QED) is 0.794.